The van der Waals surface area contributed by atoms with Gasteiger partial charge in [-0.05, 0) is 19.9 Å². The van der Waals surface area contributed by atoms with Crippen molar-refractivity contribution in [3.05, 3.63) is 28.3 Å². The van der Waals surface area contributed by atoms with Crippen molar-refractivity contribution in [1.82, 2.24) is 10.3 Å². The minimum atomic E-state index is -0.433. The van der Waals surface area contributed by atoms with E-state index in [-0.39, 0.29) is 11.7 Å². The predicted octanol–water partition coefficient (Wildman–Crippen LogP) is 1.92. The first-order valence-corrected chi connectivity index (χ1v) is 6.59. The van der Waals surface area contributed by atoms with Gasteiger partial charge in [0.25, 0.3) is 11.7 Å². The predicted molar refractivity (Wildman–Crippen MR) is 74.9 cm³/mol. The average Bonchev–Trinajstić information content (AvgIpc) is 2.83. The number of oxazole rings is 1. The van der Waals surface area contributed by atoms with Crippen LogP contribution in [0.3, 0.4) is 0 Å². The number of nitrogens with zero attached hydrogens (tertiary/aromatic N) is 3. The molecule has 20 heavy (non-hydrogen) atoms. The largest absolute Gasteiger partial charge is 0.423 e. The van der Waals surface area contributed by atoms with E-state index < -0.39 is 4.92 Å². The summed E-state index contributed by atoms with van der Waals surface area (Å²) in [7, 11) is 0. The lowest BCUT2D eigenvalue weighted by Crippen LogP contribution is -2.54. The lowest BCUT2D eigenvalue weighted by Gasteiger charge is -2.36. The minimum absolute atomic E-state index is 0.0157. The molecule has 2 aromatic rings. The zero-order chi connectivity index (χ0) is 14.3. The summed E-state index contributed by atoms with van der Waals surface area (Å²) in [5.74, 6) is 0. The fourth-order valence-electron chi connectivity index (χ4n) is 2.43. The van der Waals surface area contributed by atoms with E-state index >= 15 is 0 Å². The van der Waals surface area contributed by atoms with Crippen LogP contribution in [0.2, 0.25) is 0 Å². The number of hydrogen-bond donors (Lipinski definition) is 1. The number of benzene rings is 1. The van der Waals surface area contributed by atoms with Crippen molar-refractivity contribution in [3.8, 4) is 0 Å². The zero-order valence-corrected chi connectivity index (χ0v) is 11.4. The summed E-state index contributed by atoms with van der Waals surface area (Å²) in [6.45, 7) is 5.86. The van der Waals surface area contributed by atoms with Gasteiger partial charge in [0.05, 0.1) is 11.0 Å². The SMILES string of the molecule is CC1CN(c2nc3ccc([N+](=O)[O-])cc3o2)C(C)CN1. The van der Waals surface area contributed by atoms with E-state index in [0.717, 1.165) is 13.1 Å². The molecule has 0 bridgehead atoms. The first kappa shape index (κ1) is 12.9. The number of aromatic nitrogens is 1. The third kappa shape index (κ3) is 2.20. The Balaban J connectivity index is 1.97. The summed E-state index contributed by atoms with van der Waals surface area (Å²) in [6.07, 6.45) is 0. The van der Waals surface area contributed by atoms with Gasteiger partial charge in [0.15, 0.2) is 5.58 Å². The lowest BCUT2D eigenvalue weighted by atomic mass is 10.1. The van der Waals surface area contributed by atoms with Gasteiger partial charge < -0.3 is 14.6 Å². The highest BCUT2D eigenvalue weighted by molar-refractivity contribution is 5.77. The summed E-state index contributed by atoms with van der Waals surface area (Å²) >= 11 is 0. The molecule has 0 aliphatic carbocycles. The van der Waals surface area contributed by atoms with Gasteiger partial charge in [0.1, 0.15) is 5.52 Å². The van der Waals surface area contributed by atoms with Crippen molar-refractivity contribution >= 4 is 22.8 Å². The summed E-state index contributed by atoms with van der Waals surface area (Å²) in [6, 6.07) is 5.64. The van der Waals surface area contributed by atoms with Crippen LogP contribution in [0.4, 0.5) is 11.7 Å². The Morgan fingerprint density at radius 2 is 2.30 bits per heavy atom. The number of nitro benzene ring substituents is 1. The molecular formula is C13H16N4O3. The Morgan fingerprint density at radius 1 is 1.50 bits per heavy atom. The second kappa shape index (κ2) is 4.75. The van der Waals surface area contributed by atoms with E-state index in [0.29, 0.717) is 23.2 Å². The molecule has 106 valence electrons. The molecule has 7 nitrogen and oxygen atoms in total. The van der Waals surface area contributed by atoms with Crippen LogP contribution in [0.25, 0.3) is 11.1 Å². The second-order valence-corrected chi connectivity index (χ2v) is 5.22. The molecule has 2 atom stereocenters. The average molecular weight is 276 g/mol. The summed E-state index contributed by atoms with van der Waals surface area (Å²) in [5.41, 5.74) is 1.11. The zero-order valence-electron chi connectivity index (χ0n) is 11.4. The molecule has 1 aliphatic heterocycles. The highest BCUT2D eigenvalue weighted by Crippen LogP contribution is 2.27. The van der Waals surface area contributed by atoms with Gasteiger partial charge in [0, 0.05) is 31.2 Å². The molecule has 3 rings (SSSR count). The molecule has 1 aromatic heterocycles. The van der Waals surface area contributed by atoms with Gasteiger partial charge >= 0.3 is 0 Å². The first-order valence-electron chi connectivity index (χ1n) is 6.59. The van der Waals surface area contributed by atoms with E-state index in [9.17, 15) is 10.1 Å². The van der Waals surface area contributed by atoms with Crippen LogP contribution in [0.5, 0.6) is 0 Å². The van der Waals surface area contributed by atoms with Crippen molar-refractivity contribution in [2.45, 2.75) is 25.9 Å². The normalized spacial score (nSPS) is 23.2. The first-order chi connectivity index (χ1) is 9.54. The molecule has 0 radical (unpaired) electrons. The highest BCUT2D eigenvalue weighted by atomic mass is 16.6. The molecule has 1 aromatic carbocycles. The lowest BCUT2D eigenvalue weighted by molar-refractivity contribution is -0.384. The van der Waals surface area contributed by atoms with Crippen molar-refractivity contribution in [3.63, 3.8) is 0 Å². The second-order valence-electron chi connectivity index (χ2n) is 5.22. The van der Waals surface area contributed by atoms with E-state index in [1.165, 1.54) is 12.1 Å². The Hall–Kier alpha value is -2.15. The summed E-state index contributed by atoms with van der Waals surface area (Å²) in [4.78, 5) is 16.9. The highest BCUT2D eigenvalue weighted by Gasteiger charge is 2.26. The smallest absolute Gasteiger partial charge is 0.298 e. The van der Waals surface area contributed by atoms with Crippen LogP contribution in [0.1, 0.15) is 13.8 Å². The molecule has 1 aliphatic rings. The number of hydrogen-bond acceptors (Lipinski definition) is 6. The number of anilines is 1. The molecule has 2 unspecified atom stereocenters. The maximum absolute atomic E-state index is 10.8. The van der Waals surface area contributed by atoms with Crippen molar-refractivity contribution < 1.29 is 9.34 Å². The van der Waals surface area contributed by atoms with Crippen LogP contribution in [0.15, 0.2) is 22.6 Å². The fourth-order valence-corrected chi connectivity index (χ4v) is 2.43. The number of non-ortho nitro benzene ring substituents is 1. The number of rotatable bonds is 2. The standard InChI is InChI=1S/C13H16N4O3/c1-8-7-16(9(2)6-14-8)13-15-11-4-3-10(17(18)19)5-12(11)20-13/h3-5,8-9,14H,6-7H2,1-2H3. The van der Waals surface area contributed by atoms with Crippen LogP contribution < -0.4 is 10.2 Å². The van der Waals surface area contributed by atoms with Crippen LogP contribution in [-0.2, 0) is 0 Å². The molecule has 2 heterocycles. The molecule has 0 saturated carbocycles. The molecule has 1 fully saturated rings. The Morgan fingerprint density at radius 3 is 3.05 bits per heavy atom. The maximum atomic E-state index is 10.8. The molecular weight excluding hydrogens is 260 g/mol. The van der Waals surface area contributed by atoms with Gasteiger partial charge in [-0.15, -0.1) is 0 Å². The number of nitrogens with one attached hydrogen (secondary N) is 1. The third-order valence-corrected chi connectivity index (χ3v) is 3.58. The van der Waals surface area contributed by atoms with Crippen LogP contribution >= 0.6 is 0 Å². The van der Waals surface area contributed by atoms with Gasteiger partial charge in [-0.3, -0.25) is 10.1 Å². The molecule has 0 spiro atoms. The molecule has 1 saturated heterocycles. The minimum Gasteiger partial charge on any atom is -0.423 e. The van der Waals surface area contributed by atoms with Gasteiger partial charge in [-0.2, -0.15) is 4.98 Å². The van der Waals surface area contributed by atoms with Gasteiger partial charge in [-0.1, -0.05) is 0 Å². The van der Waals surface area contributed by atoms with Crippen molar-refractivity contribution in [1.29, 1.82) is 0 Å². The number of piperazine rings is 1. The Labute approximate surface area is 115 Å². The van der Waals surface area contributed by atoms with Crippen LogP contribution in [0, 0.1) is 10.1 Å². The maximum Gasteiger partial charge on any atom is 0.298 e. The van der Waals surface area contributed by atoms with Crippen molar-refractivity contribution in [2.75, 3.05) is 18.0 Å². The number of fused-ring (bicyclic) bond motifs is 1. The van der Waals surface area contributed by atoms with E-state index in [1.807, 2.05) is 0 Å². The molecule has 7 heteroatoms. The quantitative estimate of drug-likeness (QED) is 0.666. The van der Waals surface area contributed by atoms with Crippen LogP contribution in [-0.4, -0.2) is 35.1 Å². The van der Waals surface area contributed by atoms with Gasteiger partial charge in [0.2, 0.25) is 0 Å². The topological polar surface area (TPSA) is 84.4 Å². The number of nitro groups is 1. The summed E-state index contributed by atoms with van der Waals surface area (Å²) < 4.78 is 5.70. The van der Waals surface area contributed by atoms with Gasteiger partial charge in [-0.25, -0.2) is 0 Å². The van der Waals surface area contributed by atoms with E-state index in [4.69, 9.17) is 4.42 Å². The summed E-state index contributed by atoms with van der Waals surface area (Å²) in [5, 5.41) is 14.2. The fraction of sp³-hybridized carbons (Fsp3) is 0.462. The Kier molecular flexibility index (Phi) is 3.06. The van der Waals surface area contributed by atoms with E-state index in [2.05, 4.69) is 29.0 Å². The molecule has 0 amide bonds. The molecule has 1 N–H and O–H groups in total. The third-order valence-electron chi connectivity index (χ3n) is 3.58. The van der Waals surface area contributed by atoms with Crippen molar-refractivity contribution in [2.24, 2.45) is 0 Å². The monoisotopic (exact) mass is 276 g/mol. The van der Waals surface area contributed by atoms with E-state index in [1.54, 1.807) is 6.07 Å². The Bertz CT molecular complexity index is 654.